The number of aryl methyl sites for hydroxylation is 1. The Labute approximate surface area is 182 Å². The Morgan fingerprint density at radius 1 is 1.13 bits per heavy atom. The number of aromatic amines is 1. The lowest BCUT2D eigenvalue weighted by Crippen LogP contribution is -2.46. The summed E-state index contributed by atoms with van der Waals surface area (Å²) in [4.78, 5) is 44.0. The van der Waals surface area contributed by atoms with Gasteiger partial charge in [0.2, 0.25) is 0 Å². The van der Waals surface area contributed by atoms with Crippen LogP contribution in [0.5, 0.6) is 5.75 Å². The molecular weight excluding hydrogens is 396 g/mol. The molecule has 1 atom stereocenters. The highest BCUT2D eigenvalue weighted by Gasteiger charge is 2.34. The van der Waals surface area contributed by atoms with E-state index in [9.17, 15) is 14.4 Å². The number of ether oxygens (including phenoxy) is 2. The fraction of sp³-hybridized carbons (Fsp3) is 0.458. The van der Waals surface area contributed by atoms with Crippen LogP contribution in [0.25, 0.3) is 11.1 Å². The zero-order valence-electron chi connectivity index (χ0n) is 18.6. The van der Waals surface area contributed by atoms with Gasteiger partial charge in [0.05, 0.1) is 19.3 Å². The lowest BCUT2D eigenvalue weighted by Gasteiger charge is -2.34. The number of hydrogen-bond acceptors (Lipinski definition) is 5. The molecule has 166 valence electrons. The average molecular weight is 427 g/mol. The van der Waals surface area contributed by atoms with Crippen LogP contribution in [-0.2, 0) is 9.53 Å². The number of amides is 1. The molecule has 1 fully saturated rings. The Hall–Kier alpha value is -3.09. The minimum absolute atomic E-state index is 0.0650. The highest BCUT2D eigenvalue weighted by atomic mass is 16.5. The summed E-state index contributed by atoms with van der Waals surface area (Å²) in [6, 6.07) is 7.10. The highest BCUT2D eigenvalue weighted by molar-refractivity contribution is 6.43. The summed E-state index contributed by atoms with van der Waals surface area (Å²) in [5.74, 6) is -1.04. The van der Waals surface area contributed by atoms with Gasteiger partial charge in [-0.05, 0) is 57.2 Å². The first-order valence-corrected chi connectivity index (χ1v) is 10.8. The number of ketones is 1. The van der Waals surface area contributed by atoms with Crippen molar-refractivity contribution in [2.24, 2.45) is 0 Å². The van der Waals surface area contributed by atoms with Gasteiger partial charge in [-0.3, -0.25) is 9.59 Å². The van der Waals surface area contributed by atoms with E-state index in [0.29, 0.717) is 29.1 Å². The number of esters is 1. The summed E-state index contributed by atoms with van der Waals surface area (Å²) >= 11 is 0. The molecule has 1 aliphatic rings. The van der Waals surface area contributed by atoms with Gasteiger partial charge in [-0.1, -0.05) is 19.1 Å². The predicted octanol–water partition coefficient (Wildman–Crippen LogP) is 4.15. The molecule has 3 rings (SSSR count). The lowest BCUT2D eigenvalue weighted by molar-refractivity contribution is -0.130. The number of nitrogens with one attached hydrogen (secondary N) is 1. The van der Waals surface area contributed by atoms with Crippen LogP contribution in [0.2, 0.25) is 0 Å². The normalized spacial score (nSPS) is 16.1. The molecule has 0 saturated carbocycles. The Balaban J connectivity index is 2.08. The number of nitrogens with zero attached hydrogens (tertiary/aromatic N) is 1. The molecule has 1 aromatic heterocycles. The van der Waals surface area contributed by atoms with Crippen molar-refractivity contribution in [1.82, 2.24) is 9.88 Å². The standard InChI is InChI=1S/C24H30N2O5/c1-5-17-9-7-8-14-26(17)23(28)22(27)21-20(16-10-12-18(30-4)13-11-16)19(15(3)25-21)24(29)31-6-2/h10-13,17,25H,5-9,14H2,1-4H3/t17-/m0/s1. The number of carbonyl (C=O) groups is 3. The van der Waals surface area contributed by atoms with E-state index < -0.39 is 17.7 Å². The number of carbonyl (C=O) groups excluding carboxylic acids is 3. The predicted molar refractivity (Wildman–Crippen MR) is 117 cm³/mol. The number of piperidine rings is 1. The van der Waals surface area contributed by atoms with Crippen LogP contribution >= 0.6 is 0 Å². The maximum atomic E-state index is 13.4. The summed E-state index contributed by atoms with van der Waals surface area (Å²) in [7, 11) is 1.57. The average Bonchev–Trinajstić information content (AvgIpc) is 3.15. The molecule has 0 unspecified atom stereocenters. The molecule has 1 amide bonds. The van der Waals surface area contributed by atoms with Crippen LogP contribution in [0.3, 0.4) is 0 Å². The van der Waals surface area contributed by atoms with Crippen molar-refractivity contribution in [3.05, 3.63) is 41.2 Å². The van der Waals surface area contributed by atoms with E-state index in [1.165, 1.54) is 0 Å². The molecule has 0 radical (unpaired) electrons. The monoisotopic (exact) mass is 426 g/mol. The summed E-state index contributed by atoms with van der Waals surface area (Å²) in [6.45, 7) is 6.24. The first-order chi connectivity index (χ1) is 14.9. The van der Waals surface area contributed by atoms with E-state index in [2.05, 4.69) is 4.98 Å². The second-order valence-electron chi connectivity index (χ2n) is 7.71. The first-order valence-electron chi connectivity index (χ1n) is 10.8. The molecule has 1 saturated heterocycles. The van der Waals surface area contributed by atoms with Gasteiger partial charge >= 0.3 is 5.97 Å². The fourth-order valence-corrected chi connectivity index (χ4v) is 4.23. The van der Waals surface area contributed by atoms with Gasteiger partial charge in [-0.15, -0.1) is 0 Å². The highest BCUT2D eigenvalue weighted by Crippen LogP contribution is 2.33. The van der Waals surface area contributed by atoms with Gasteiger partial charge in [-0.2, -0.15) is 0 Å². The molecule has 1 aliphatic heterocycles. The van der Waals surface area contributed by atoms with Crippen LogP contribution in [0.4, 0.5) is 0 Å². The minimum Gasteiger partial charge on any atom is -0.497 e. The number of likely N-dealkylation sites (tertiary alicyclic amines) is 1. The molecule has 31 heavy (non-hydrogen) atoms. The Morgan fingerprint density at radius 3 is 2.45 bits per heavy atom. The Bertz CT molecular complexity index is 961. The Morgan fingerprint density at radius 2 is 1.84 bits per heavy atom. The third-order valence-corrected chi connectivity index (χ3v) is 5.83. The second-order valence-corrected chi connectivity index (χ2v) is 7.71. The summed E-state index contributed by atoms with van der Waals surface area (Å²) < 4.78 is 10.4. The van der Waals surface area contributed by atoms with E-state index >= 15 is 0 Å². The smallest absolute Gasteiger partial charge is 0.340 e. The first kappa shape index (κ1) is 22.6. The summed E-state index contributed by atoms with van der Waals surface area (Å²) in [6.07, 6.45) is 3.65. The van der Waals surface area contributed by atoms with Crippen molar-refractivity contribution in [3.8, 4) is 16.9 Å². The Kier molecular flexibility index (Phi) is 7.15. The fourth-order valence-electron chi connectivity index (χ4n) is 4.23. The number of benzene rings is 1. The topological polar surface area (TPSA) is 88.7 Å². The SMILES string of the molecule is CCOC(=O)c1c(C)[nH]c(C(=O)C(=O)N2CCCC[C@@H]2CC)c1-c1ccc(OC)cc1. The number of aromatic nitrogens is 1. The summed E-state index contributed by atoms with van der Waals surface area (Å²) in [5.41, 5.74) is 1.91. The summed E-state index contributed by atoms with van der Waals surface area (Å²) in [5, 5.41) is 0. The van der Waals surface area contributed by atoms with Crippen molar-refractivity contribution >= 4 is 17.7 Å². The lowest BCUT2D eigenvalue weighted by atomic mass is 9.96. The maximum Gasteiger partial charge on any atom is 0.340 e. The number of hydrogen-bond donors (Lipinski definition) is 1. The molecule has 1 N–H and O–H groups in total. The molecular formula is C24H30N2O5. The third-order valence-electron chi connectivity index (χ3n) is 5.83. The molecule has 2 heterocycles. The van der Waals surface area contributed by atoms with Crippen LogP contribution < -0.4 is 4.74 Å². The van der Waals surface area contributed by atoms with E-state index in [1.807, 2.05) is 6.92 Å². The van der Waals surface area contributed by atoms with Crippen LogP contribution in [0.1, 0.15) is 66.1 Å². The number of rotatable bonds is 7. The molecule has 0 aliphatic carbocycles. The quantitative estimate of drug-likeness (QED) is 0.408. The van der Waals surface area contributed by atoms with Crippen LogP contribution in [0.15, 0.2) is 24.3 Å². The zero-order valence-corrected chi connectivity index (χ0v) is 18.6. The third kappa shape index (κ3) is 4.50. The van der Waals surface area contributed by atoms with Crippen LogP contribution in [-0.4, -0.2) is 53.8 Å². The minimum atomic E-state index is -0.634. The van der Waals surface area contributed by atoms with E-state index in [4.69, 9.17) is 9.47 Å². The van der Waals surface area contributed by atoms with Crippen molar-refractivity contribution in [2.45, 2.75) is 52.5 Å². The van der Waals surface area contributed by atoms with E-state index in [0.717, 1.165) is 25.7 Å². The van der Waals surface area contributed by atoms with Crippen molar-refractivity contribution < 1.29 is 23.9 Å². The second kappa shape index (κ2) is 9.81. The van der Waals surface area contributed by atoms with Crippen molar-refractivity contribution in [2.75, 3.05) is 20.3 Å². The van der Waals surface area contributed by atoms with Gasteiger partial charge in [0.1, 0.15) is 11.4 Å². The largest absolute Gasteiger partial charge is 0.497 e. The molecule has 1 aromatic carbocycles. The van der Waals surface area contributed by atoms with Gasteiger partial charge in [-0.25, -0.2) is 4.79 Å². The van der Waals surface area contributed by atoms with Gasteiger partial charge in [0.15, 0.2) is 0 Å². The van der Waals surface area contributed by atoms with Crippen LogP contribution in [0, 0.1) is 6.92 Å². The number of methoxy groups -OCH3 is 1. The maximum absolute atomic E-state index is 13.4. The molecule has 0 spiro atoms. The van der Waals surface area contributed by atoms with E-state index in [-0.39, 0.29) is 23.9 Å². The number of H-pyrrole nitrogens is 1. The molecule has 0 bridgehead atoms. The van der Waals surface area contributed by atoms with Gasteiger partial charge < -0.3 is 19.4 Å². The van der Waals surface area contributed by atoms with E-state index in [1.54, 1.807) is 50.1 Å². The zero-order chi connectivity index (χ0) is 22.5. The molecule has 7 heteroatoms. The molecule has 2 aromatic rings. The van der Waals surface area contributed by atoms with Gasteiger partial charge in [0, 0.05) is 23.8 Å². The van der Waals surface area contributed by atoms with Crippen molar-refractivity contribution in [1.29, 1.82) is 0 Å². The molecule has 7 nitrogen and oxygen atoms in total. The number of Topliss-reactive ketones (excluding diaryl/α,β-unsaturated/α-hetero) is 1. The van der Waals surface area contributed by atoms with Gasteiger partial charge in [0.25, 0.3) is 11.7 Å². The van der Waals surface area contributed by atoms with Crippen molar-refractivity contribution in [3.63, 3.8) is 0 Å².